The Bertz CT molecular complexity index is 787. The van der Waals surface area contributed by atoms with Crippen LogP contribution in [0.15, 0.2) is 30.6 Å². The molecule has 1 aromatic carbocycles. The summed E-state index contributed by atoms with van der Waals surface area (Å²) >= 11 is 0. The van der Waals surface area contributed by atoms with Crippen LogP contribution in [0, 0.1) is 0 Å². The predicted molar refractivity (Wildman–Crippen MR) is 80.6 cm³/mol. The highest BCUT2D eigenvalue weighted by Gasteiger charge is 2.48. The molecule has 1 atom stereocenters. The number of carbonyl (C=O) groups excluding carboxylic acids is 3. The van der Waals surface area contributed by atoms with E-state index in [0.29, 0.717) is 5.56 Å². The number of nitrogens with zero attached hydrogens (tertiary/aromatic N) is 5. The highest BCUT2D eigenvalue weighted by molar-refractivity contribution is 6.07. The number of imide groups is 1. The maximum atomic E-state index is 12.6. The van der Waals surface area contributed by atoms with Crippen LogP contribution in [0.4, 0.5) is 4.79 Å². The zero-order valence-electron chi connectivity index (χ0n) is 12.8. The molecule has 4 amide bonds. The molecule has 2 aromatic rings. The maximum absolute atomic E-state index is 12.6. The van der Waals surface area contributed by atoms with Gasteiger partial charge in [-0.1, -0.05) is 12.1 Å². The van der Waals surface area contributed by atoms with E-state index in [1.807, 2.05) is 0 Å². The summed E-state index contributed by atoms with van der Waals surface area (Å²) in [6.45, 7) is 1.57. The molecule has 0 unspecified atom stereocenters. The molecule has 124 valence electrons. The van der Waals surface area contributed by atoms with Crippen molar-refractivity contribution < 1.29 is 14.4 Å². The molecule has 3 rings (SSSR count). The summed E-state index contributed by atoms with van der Waals surface area (Å²) in [7, 11) is 0. The minimum absolute atomic E-state index is 0.0434. The predicted octanol–water partition coefficient (Wildman–Crippen LogP) is -0.695. The third-order valence-electron chi connectivity index (χ3n) is 3.91. The molecule has 10 nitrogen and oxygen atoms in total. The molecule has 0 saturated carbocycles. The average Bonchev–Trinajstić information content (AvgIpc) is 3.15. The number of tetrazole rings is 1. The van der Waals surface area contributed by atoms with Gasteiger partial charge in [0.05, 0.1) is 5.69 Å². The first-order valence-electron chi connectivity index (χ1n) is 7.18. The number of carbonyl (C=O) groups is 3. The number of hydrogen-bond acceptors (Lipinski definition) is 6. The van der Waals surface area contributed by atoms with Crippen LogP contribution in [-0.2, 0) is 15.1 Å². The first-order valence-corrected chi connectivity index (χ1v) is 7.18. The Morgan fingerprint density at radius 1 is 1.29 bits per heavy atom. The molecule has 10 heteroatoms. The van der Waals surface area contributed by atoms with Gasteiger partial charge in [0.2, 0.25) is 5.91 Å². The third-order valence-corrected chi connectivity index (χ3v) is 3.91. The number of rotatable bonds is 5. The first kappa shape index (κ1) is 15.6. The topological polar surface area (TPSA) is 136 Å². The molecule has 3 N–H and O–H groups in total. The van der Waals surface area contributed by atoms with Crippen LogP contribution in [0.2, 0.25) is 0 Å². The summed E-state index contributed by atoms with van der Waals surface area (Å²) < 4.78 is 1.47. The van der Waals surface area contributed by atoms with Gasteiger partial charge in [-0.2, -0.15) is 0 Å². The molecular formula is C14H15N7O3. The monoisotopic (exact) mass is 329 g/mol. The summed E-state index contributed by atoms with van der Waals surface area (Å²) in [6.07, 6.45) is 1.37. The normalized spacial score (nSPS) is 20.3. The smallest absolute Gasteiger partial charge is 0.325 e. The fraction of sp³-hybridized carbons (Fsp3) is 0.286. The lowest BCUT2D eigenvalue weighted by Gasteiger charge is -2.22. The highest BCUT2D eigenvalue weighted by atomic mass is 16.2. The van der Waals surface area contributed by atoms with Gasteiger partial charge >= 0.3 is 6.03 Å². The second-order valence-electron chi connectivity index (χ2n) is 5.53. The molecule has 24 heavy (non-hydrogen) atoms. The standard InChI is InChI=1S/C14H15N7O3/c1-14(12(23)20(13(24)17-14)7-6-11(15)22)9-2-4-10(5-3-9)21-8-16-18-19-21/h2-5,8H,6-7H2,1H3,(H2,15,22)(H,17,24)/t14-/m0/s1. The zero-order chi connectivity index (χ0) is 17.3. The summed E-state index contributed by atoms with van der Waals surface area (Å²) in [5, 5.41) is 13.6. The minimum Gasteiger partial charge on any atom is -0.370 e. The van der Waals surface area contributed by atoms with E-state index in [0.717, 1.165) is 10.6 Å². The van der Waals surface area contributed by atoms with Gasteiger partial charge in [0.25, 0.3) is 5.91 Å². The van der Waals surface area contributed by atoms with Crippen molar-refractivity contribution in [2.75, 3.05) is 6.54 Å². The number of aromatic nitrogens is 4. The highest BCUT2D eigenvalue weighted by Crippen LogP contribution is 2.29. The van der Waals surface area contributed by atoms with Crippen molar-refractivity contribution in [2.24, 2.45) is 5.73 Å². The zero-order valence-corrected chi connectivity index (χ0v) is 12.8. The number of primary amides is 1. The maximum Gasteiger partial charge on any atom is 0.325 e. The van der Waals surface area contributed by atoms with Crippen LogP contribution in [0.3, 0.4) is 0 Å². The van der Waals surface area contributed by atoms with E-state index >= 15 is 0 Å². The Balaban J connectivity index is 1.84. The van der Waals surface area contributed by atoms with Gasteiger partial charge in [-0.05, 0) is 35.0 Å². The molecule has 0 spiro atoms. The van der Waals surface area contributed by atoms with E-state index in [4.69, 9.17) is 5.73 Å². The van der Waals surface area contributed by atoms with Crippen molar-refractivity contribution in [2.45, 2.75) is 18.9 Å². The molecule has 1 aliphatic rings. The van der Waals surface area contributed by atoms with Crippen LogP contribution in [-0.4, -0.2) is 49.5 Å². The fourth-order valence-electron chi connectivity index (χ4n) is 2.54. The van der Waals surface area contributed by atoms with Gasteiger partial charge in [0, 0.05) is 13.0 Å². The number of urea groups is 1. The summed E-state index contributed by atoms with van der Waals surface area (Å²) in [4.78, 5) is 36.6. The van der Waals surface area contributed by atoms with Gasteiger partial charge in [-0.3, -0.25) is 14.5 Å². The number of amides is 4. The second-order valence-corrected chi connectivity index (χ2v) is 5.53. The van der Waals surface area contributed by atoms with Gasteiger partial charge in [-0.25, -0.2) is 9.48 Å². The molecule has 1 fully saturated rings. The summed E-state index contributed by atoms with van der Waals surface area (Å²) in [5.74, 6) is -1.00. The lowest BCUT2D eigenvalue weighted by Crippen LogP contribution is -2.41. The van der Waals surface area contributed by atoms with Gasteiger partial charge < -0.3 is 11.1 Å². The molecule has 0 bridgehead atoms. The van der Waals surface area contributed by atoms with Crippen LogP contribution in [0.5, 0.6) is 0 Å². The third kappa shape index (κ3) is 2.57. The number of nitrogens with two attached hydrogens (primary N) is 1. The van der Waals surface area contributed by atoms with E-state index < -0.39 is 23.4 Å². The SMILES string of the molecule is C[C@@]1(c2ccc(-n3cnnn3)cc2)NC(=O)N(CCC(N)=O)C1=O. The van der Waals surface area contributed by atoms with E-state index in [-0.39, 0.29) is 13.0 Å². The van der Waals surface area contributed by atoms with Gasteiger partial charge in [-0.15, -0.1) is 5.10 Å². The van der Waals surface area contributed by atoms with Gasteiger partial charge in [0.1, 0.15) is 11.9 Å². The van der Waals surface area contributed by atoms with Crippen molar-refractivity contribution in [3.63, 3.8) is 0 Å². The van der Waals surface area contributed by atoms with Gasteiger partial charge in [0.15, 0.2) is 0 Å². The van der Waals surface area contributed by atoms with E-state index in [2.05, 4.69) is 20.8 Å². The van der Waals surface area contributed by atoms with Crippen LogP contribution >= 0.6 is 0 Å². The Morgan fingerprint density at radius 2 is 2.00 bits per heavy atom. The van der Waals surface area contributed by atoms with Crippen molar-refractivity contribution >= 4 is 17.8 Å². The summed E-state index contributed by atoms with van der Waals surface area (Å²) in [6, 6.07) is 6.36. The fourth-order valence-corrected chi connectivity index (χ4v) is 2.54. The van der Waals surface area contributed by atoms with Crippen LogP contribution < -0.4 is 11.1 Å². The van der Waals surface area contributed by atoms with Crippen molar-refractivity contribution in [3.05, 3.63) is 36.2 Å². The van der Waals surface area contributed by atoms with E-state index in [1.165, 1.54) is 11.0 Å². The Labute approximate surface area is 136 Å². The largest absolute Gasteiger partial charge is 0.370 e. The second kappa shape index (κ2) is 5.72. The first-order chi connectivity index (χ1) is 11.4. The van der Waals surface area contributed by atoms with E-state index in [1.54, 1.807) is 31.2 Å². The van der Waals surface area contributed by atoms with Crippen molar-refractivity contribution in [1.29, 1.82) is 0 Å². The number of hydrogen-bond donors (Lipinski definition) is 2. The molecule has 1 aromatic heterocycles. The number of nitrogens with one attached hydrogen (secondary N) is 1. The minimum atomic E-state index is -1.20. The lowest BCUT2D eigenvalue weighted by molar-refractivity contribution is -0.131. The van der Waals surface area contributed by atoms with Crippen LogP contribution in [0.25, 0.3) is 5.69 Å². The number of benzene rings is 1. The average molecular weight is 329 g/mol. The molecule has 2 heterocycles. The van der Waals surface area contributed by atoms with Crippen molar-refractivity contribution in [3.8, 4) is 5.69 Å². The molecule has 1 aliphatic heterocycles. The molecule has 1 saturated heterocycles. The Kier molecular flexibility index (Phi) is 3.72. The van der Waals surface area contributed by atoms with Crippen LogP contribution in [0.1, 0.15) is 18.9 Å². The quantitative estimate of drug-likeness (QED) is 0.696. The van der Waals surface area contributed by atoms with E-state index in [9.17, 15) is 14.4 Å². The summed E-state index contributed by atoms with van der Waals surface area (Å²) in [5.41, 5.74) is 5.20. The Morgan fingerprint density at radius 3 is 2.58 bits per heavy atom. The van der Waals surface area contributed by atoms with Crippen molar-refractivity contribution in [1.82, 2.24) is 30.4 Å². The molecule has 0 aliphatic carbocycles. The Hall–Kier alpha value is -3.30. The lowest BCUT2D eigenvalue weighted by atomic mass is 9.92. The molecule has 0 radical (unpaired) electrons. The molecular weight excluding hydrogens is 314 g/mol.